The maximum Gasteiger partial charge on any atom is 0.0862 e. The van der Waals surface area contributed by atoms with Crippen LogP contribution in [0.3, 0.4) is 0 Å². The number of allylic oxidation sites excluding steroid dienone is 3. The van der Waals surface area contributed by atoms with E-state index in [9.17, 15) is 15.3 Å². The van der Waals surface area contributed by atoms with Crippen LogP contribution in [0.15, 0.2) is 35.5 Å². The monoisotopic (exact) mass is 430 g/mol. The molecule has 0 spiro atoms. The van der Waals surface area contributed by atoms with Gasteiger partial charge in [-0.1, -0.05) is 71.3 Å². The van der Waals surface area contributed by atoms with Crippen molar-refractivity contribution < 1.29 is 15.3 Å². The number of aliphatic hydroxyl groups is 3. The molecule has 3 rings (SSSR count). The van der Waals surface area contributed by atoms with E-state index in [1.165, 1.54) is 44.9 Å². The average Bonchev–Trinajstić information content (AvgIpc) is 3.07. The van der Waals surface area contributed by atoms with E-state index in [2.05, 4.69) is 46.4 Å². The third kappa shape index (κ3) is 5.20. The summed E-state index contributed by atoms with van der Waals surface area (Å²) in [6, 6.07) is 0. The first-order valence-electron chi connectivity index (χ1n) is 12.7. The van der Waals surface area contributed by atoms with E-state index in [-0.39, 0.29) is 6.61 Å². The van der Waals surface area contributed by atoms with Crippen LogP contribution in [0.4, 0.5) is 0 Å². The van der Waals surface area contributed by atoms with Crippen LogP contribution in [-0.4, -0.2) is 34.1 Å². The van der Waals surface area contributed by atoms with Crippen LogP contribution in [0.1, 0.15) is 85.5 Å². The lowest BCUT2D eigenvalue weighted by atomic mass is 9.60. The Labute approximate surface area is 190 Å². The van der Waals surface area contributed by atoms with Crippen molar-refractivity contribution in [2.45, 2.75) is 97.7 Å². The van der Waals surface area contributed by atoms with Crippen LogP contribution < -0.4 is 0 Å². The molecule has 31 heavy (non-hydrogen) atoms. The molecule has 0 heterocycles. The molecule has 3 aliphatic carbocycles. The molecule has 0 amide bonds. The summed E-state index contributed by atoms with van der Waals surface area (Å²) in [5.74, 6) is 2.55. The lowest BCUT2D eigenvalue weighted by molar-refractivity contribution is -0.0105. The minimum absolute atomic E-state index is 0.215. The van der Waals surface area contributed by atoms with Crippen molar-refractivity contribution in [3.63, 3.8) is 0 Å². The lowest BCUT2D eigenvalue weighted by Gasteiger charge is -2.44. The van der Waals surface area contributed by atoms with Crippen molar-refractivity contribution in [3.8, 4) is 0 Å². The van der Waals surface area contributed by atoms with Crippen molar-refractivity contribution >= 4 is 0 Å². The molecule has 0 aromatic heterocycles. The molecule has 3 saturated carbocycles. The van der Waals surface area contributed by atoms with Crippen molar-refractivity contribution in [2.24, 2.45) is 35.0 Å². The molecule has 3 heteroatoms. The summed E-state index contributed by atoms with van der Waals surface area (Å²) >= 11 is 0. The third-order valence-electron chi connectivity index (χ3n) is 8.97. The van der Waals surface area contributed by atoms with E-state index in [0.29, 0.717) is 23.3 Å². The number of rotatable bonds is 7. The number of aliphatic hydroxyl groups excluding tert-OH is 3. The number of hydrogen-bond donors (Lipinski definition) is 3. The molecule has 0 radical (unpaired) electrons. The minimum atomic E-state index is -0.863. The van der Waals surface area contributed by atoms with Gasteiger partial charge in [-0.25, -0.2) is 0 Å². The van der Waals surface area contributed by atoms with Crippen LogP contribution in [0.2, 0.25) is 0 Å². The van der Waals surface area contributed by atoms with Crippen LogP contribution >= 0.6 is 0 Å². The SMILES string of the molecule is C=C1/C(=C\C=C2/CCC[C@]3(C)[C@@H]([C@H](C)CCCC(C)C)CC[C@@H]23)C[C@@H](O)[C@H](CO)[C@@H]1O. The second-order valence-electron chi connectivity index (χ2n) is 11.4. The second kappa shape index (κ2) is 10.4. The minimum Gasteiger partial charge on any atom is -0.396 e. The Bertz CT molecular complexity index is 690. The molecule has 3 fully saturated rings. The van der Waals surface area contributed by atoms with Gasteiger partial charge in [0.05, 0.1) is 18.8 Å². The fourth-order valence-corrected chi connectivity index (χ4v) is 7.03. The lowest BCUT2D eigenvalue weighted by Crippen LogP contribution is -2.40. The first-order chi connectivity index (χ1) is 14.7. The molecular weight excluding hydrogens is 384 g/mol. The Morgan fingerprint density at radius 3 is 2.55 bits per heavy atom. The molecule has 0 bridgehead atoms. The Morgan fingerprint density at radius 1 is 1.13 bits per heavy atom. The smallest absolute Gasteiger partial charge is 0.0862 e. The van der Waals surface area contributed by atoms with Gasteiger partial charge < -0.3 is 15.3 Å². The van der Waals surface area contributed by atoms with E-state index in [1.54, 1.807) is 5.57 Å². The van der Waals surface area contributed by atoms with Crippen molar-refractivity contribution in [3.05, 3.63) is 35.5 Å². The van der Waals surface area contributed by atoms with Gasteiger partial charge in [0.1, 0.15) is 0 Å². The summed E-state index contributed by atoms with van der Waals surface area (Å²) in [5.41, 5.74) is 3.55. The Balaban J connectivity index is 1.72. The number of hydrogen-bond acceptors (Lipinski definition) is 3. The summed E-state index contributed by atoms with van der Waals surface area (Å²) in [6.45, 7) is 13.5. The van der Waals surface area contributed by atoms with Gasteiger partial charge >= 0.3 is 0 Å². The Morgan fingerprint density at radius 2 is 1.87 bits per heavy atom. The highest BCUT2D eigenvalue weighted by Gasteiger charge is 2.50. The van der Waals surface area contributed by atoms with Crippen LogP contribution in [0.5, 0.6) is 0 Å². The van der Waals surface area contributed by atoms with Gasteiger partial charge in [0, 0.05) is 5.92 Å². The quantitative estimate of drug-likeness (QED) is 0.478. The third-order valence-corrected chi connectivity index (χ3v) is 8.97. The largest absolute Gasteiger partial charge is 0.396 e. The van der Waals surface area contributed by atoms with Crippen molar-refractivity contribution in [1.29, 1.82) is 0 Å². The molecule has 3 nitrogen and oxygen atoms in total. The molecule has 7 atom stereocenters. The van der Waals surface area contributed by atoms with Crippen molar-refractivity contribution in [1.82, 2.24) is 0 Å². The zero-order chi connectivity index (χ0) is 22.8. The fraction of sp³-hybridized carbons (Fsp3) is 0.786. The maximum absolute atomic E-state index is 10.4. The summed E-state index contributed by atoms with van der Waals surface area (Å²) in [5, 5.41) is 30.2. The molecule has 0 aromatic carbocycles. The normalized spacial score (nSPS) is 40.0. The molecule has 0 unspecified atom stereocenters. The fourth-order valence-electron chi connectivity index (χ4n) is 7.03. The zero-order valence-electron chi connectivity index (χ0n) is 20.3. The van der Waals surface area contributed by atoms with E-state index in [0.717, 1.165) is 29.7 Å². The van der Waals surface area contributed by atoms with Crippen LogP contribution in [-0.2, 0) is 0 Å². The van der Waals surface area contributed by atoms with Gasteiger partial charge in [0.15, 0.2) is 0 Å². The first kappa shape index (κ1) is 24.7. The second-order valence-corrected chi connectivity index (χ2v) is 11.4. The standard InChI is InChI=1S/C28H46O3/c1-18(2)8-6-9-19(3)24-13-14-25-21(10-7-15-28(24,25)5)11-12-22-16-26(30)23(17-29)27(31)20(22)4/h11-12,18-19,23-27,29-31H,4,6-10,13-17H2,1-3,5H3/b21-11+,22-12-/t19-,23+,24-,25+,26-,27-,28-/m1/s1. The van der Waals surface area contributed by atoms with Crippen LogP contribution in [0, 0.1) is 35.0 Å². The van der Waals surface area contributed by atoms with Crippen molar-refractivity contribution in [2.75, 3.05) is 6.61 Å². The predicted octanol–water partition coefficient (Wildman–Crippen LogP) is 5.81. The van der Waals surface area contributed by atoms with Gasteiger partial charge in [-0.15, -0.1) is 0 Å². The highest BCUT2D eigenvalue weighted by Crippen LogP contribution is 2.60. The summed E-state index contributed by atoms with van der Waals surface area (Å²) in [4.78, 5) is 0. The maximum atomic E-state index is 10.4. The van der Waals surface area contributed by atoms with E-state index >= 15 is 0 Å². The summed E-state index contributed by atoms with van der Waals surface area (Å²) in [6.07, 6.45) is 13.7. The Hall–Kier alpha value is -0.900. The van der Waals surface area contributed by atoms with E-state index in [1.807, 2.05) is 0 Å². The zero-order valence-corrected chi connectivity index (χ0v) is 20.3. The summed E-state index contributed by atoms with van der Waals surface area (Å²) < 4.78 is 0. The molecular formula is C28H46O3. The van der Waals surface area contributed by atoms with Gasteiger partial charge in [-0.2, -0.15) is 0 Å². The average molecular weight is 431 g/mol. The van der Waals surface area contributed by atoms with Gasteiger partial charge in [-0.3, -0.25) is 0 Å². The van der Waals surface area contributed by atoms with Gasteiger partial charge in [0.2, 0.25) is 0 Å². The van der Waals surface area contributed by atoms with Crippen LogP contribution in [0.25, 0.3) is 0 Å². The highest BCUT2D eigenvalue weighted by atomic mass is 16.3. The van der Waals surface area contributed by atoms with E-state index in [4.69, 9.17) is 0 Å². The van der Waals surface area contributed by atoms with E-state index < -0.39 is 18.1 Å². The predicted molar refractivity (Wildman–Crippen MR) is 129 cm³/mol. The topological polar surface area (TPSA) is 60.7 Å². The highest BCUT2D eigenvalue weighted by molar-refractivity contribution is 5.39. The Kier molecular flexibility index (Phi) is 8.27. The first-order valence-corrected chi connectivity index (χ1v) is 12.7. The molecule has 3 N–H and O–H groups in total. The van der Waals surface area contributed by atoms with Gasteiger partial charge in [0.25, 0.3) is 0 Å². The molecule has 176 valence electrons. The summed E-state index contributed by atoms with van der Waals surface area (Å²) in [7, 11) is 0. The van der Waals surface area contributed by atoms with Gasteiger partial charge in [-0.05, 0) is 78.8 Å². The molecule has 3 aliphatic rings. The molecule has 0 aromatic rings. The molecule has 0 saturated heterocycles. The molecule has 0 aliphatic heterocycles. The number of fused-ring (bicyclic) bond motifs is 1.